The van der Waals surface area contributed by atoms with Crippen molar-refractivity contribution in [3.63, 3.8) is 0 Å². The summed E-state index contributed by atoms with van der Waals surface area (Å²) in [6, 6.07) is 7.99. The van der Waals surface area contributed by atoms with Gasteiger partial charge >= 0.3 is 0 Å². The Labute approximate surface area is 91.8 Å². The van der Waals surface area contributed by atoms with Crippen molar-refractivity contribution < 1.29 is 4.79 Å². The van der Waals surface area contributed by atoms with Gasteiger partial charge in [0.05, 0.1) is 5.92 Å². The highest BCUT2D eigenvalue weighted by Gasteiger charge is 2.22. The lowest BCUT2D eigenvalue weighted by Gasteiger charge is -2.21. The minimum Gasteiger partial charge on any atom is -0.315 e. The maximum absolute atomic E-state index is 11.6. The summed E-state index contributed by atoms with van der Waals surface area (Å²) in [6.45, 7) is 1.60. The van der Waals surface area contributed by atoms with Crippen LogP contribution in [0, 0.1) is 0 Å². The number of benzene rings is 1. The molecule has 2 nitrogen and oxygen atoms in total. The molecule has 1 aromatic carbocycles. The van der Waals surface area contributed by atoms with Crippen LogP contribution in [-0.4, -0.2) is 18.9 Å². The minimum absolute atomic E-state index is 0.0526. The number of ketones is 1. The predicted molar refractivity (Wildman–Crippen MR) is 59.4 cm³/mol. The van der Waals surface area contributed by atoms with E-state index in [-0.39, 0.29) is 5.92 Å². The van der Waals surface area contributed by atoms with Crippen LogP contribution in [0.1, 0.15) is 17.9 Å². The molecular weight excluding hydrogens is 242 g/mol. The van der Waals surface area contributed by atoms with Gasteiger partial charge in [-0.25, -0.2) is 0 Å². The number of rotatable bonds is 1. The summed E-state index contributed by atoms with van der Waals surface area (Å²) in [5.74, 6) is 0.405. The molecule has 14 heavy (non-hydrogen) atoms. The van der Waals surface area contributed by atoms with Crippen molar-refractivity contribution in [1.29, 1.82) is 0 Å². The van der Waals surface area contributed by atoms with Crippen molar-refractivity contribution in [2.75, 3.05) is 13.1 Å². The fourth-order valence-electron chi connectivity index (χ4n) is 1.74. The summed E-state index contributed by atoms with van der Waals surface area (Å²) in [6.07, 6.45) is 0.654. The van der Waals surface area contributed by atoms with E-state index in [1.165, 1.54) is 0 Å². The average Bonchev–Trinajstić information content (AvgIpc) is 2.20. The van der Waals surface area contributed by atoms with Crippen molar-refractivity contribution in [2.45, 2.75) is 12.3 Å². The van der Waals surface area contributed by atoms with Gasteiger partial charge in [0.2, 0.25) is 0 Å². The molecule has 74 valence electrons. The van der Waals surface area contributed by atoms with Crippen molar-refractivity contribution in [1.82, 2.24) is 5.32 Å². The lowest BCUT2D eigenvalue weighted by Crippen LogP contribution is -2.35. The van der Waals surface area contributed by atoms with E-state index in [1.54, 1.807) is 0 Å². The van der Waals surface area contributed by atoms with Crippen molar-refractivity contribution in [3.05, 3.63) is 34.3 Å². The van der Waals surface area contributed by atoms with Crippen LogP contribution in [0.15, 0.2) is 28.7 Å². The van der Waals surface area contributed by atoms with Crippen LogP contribution in [0.2, 0.25) is 0 Å². The second kappa shape index (κ2) is 4.24. The molecule has 1 aliphatic rings. The molecular formula is C11H12BrNO. The number of piperidine rings is 1. The van der Waals surface area contributed by atoms with Gasteiger partial charge in [0.15, 0.2) is 0 Å². The molecule has 1 unspecified atom stereocenters. The number of halogens is 1. The SMILES string of the molecule is O=C1CCNCC1c1ccc(Br)cc1. The molecule has 0 bridgehead atoms. The molecule has 1 aliphatic heterocycles. The molecule has 1 aromatic rings. The van der Waals surface area contributed by atoms with Gasteiger partial charge in [-0.2, -0.15) is 0 Å². The Morgan fingerprint density at radius 2 is 2.00 bits per heavy atom. The molecule has 0 spiro atoms. The first-order chi connectivity index (χ1) is 6.77. The topological polar surface area (TPSA) is 29.1 Å². The van der Waals surface area contributed by atoms with Gasteiger partial charge in [-0.1, -0.05) is 28.1 Å². The molecule has 1 fully saturated rings. The number of carbonyl (C=O) groups is 1. The normalized spacial score (nSPS) is 22.4. The first kappa shape index (κ1) is 9.87. The van der Waals surface area contributed by atoms with Crippen LogP contribution in [-0.2, 0) is 4.79 Å². The highest BCUT2D eigenvalue weighted by Crippen LogP contribution is 2.21. The summed E-state index contributed by atoms with van der Waals surface area (Å²) in [4.78, 5) is 11.6. The van der Waals surface area contributed by atoms with Crippen LogP contribution in [0.3, 0.4) is 0 Å². The zero-order chi connectivity index (χ0) is 9.97. The number of carbonyl (C=O) groups excluding carboxylic acids is 1. The largest absolute Gasteiger partial charge is 0.315 e. The zero-order valence-electron chi connectivity index (χ0n) is 7.79. The average molecular weight is 254 g/mol. The molecule has 0 aromatic heterocycles. The Balaban J connectivity index is 2.20. The summed E-state index contributed by atoms with van der Waals surface area (Å²) in [5, 5.41) is 3.25. The molecule has 1 atom stereocenters. The van der Waals surface area contributed by atoms with E-state index in [2.05, 4.69) is 21.2 Å². The van der Waals surface area contributed by atoms with Crippen molar-refractivity contribution in [3.8, 4) is 0 Å². The Bertz CT molecular complexity index is 334. The number of hydrogen-bond donors (Lipinski definition) is 1. The van der Waals surface area contributed by atoms with Crippen LogP contribution in [0.5, 0.6) is 0 Å². The minimum atomic E-state index is 0.0526. The third-order valence-corrected chi connectivity index (χ3v) is 3.09. The van der Waals surface area contributed by atoms with E-state index in [4.69, 9.17) is 0 Å². The summed E-state index contributed by atoms with van der Waals surface area (Å²) >= 11 is 3.38. The van der Waals surface area contributed by atoms with Crippen LogP contribution in [0.4, 0.5) is 0 Å². The maximum Gasteiger partial charge on any atom is 0.142 e. The van der Waals surface area contributed by atoms with Gasteiger partial charge < -0.3 is 5.32 Å². The summed E-state index contributed by atoms with van der Waals surface area (Å²) < 4.78 is 1.05. The Hall–Kier alpha value is -0.670. The fourth-order valence-corrected chi connectivity index (χ4v) is 2.01. The Morgan fingerprint density at radius 3 is 2.64 bits per heavy atom. The molecule has 0 aliphatic carbocycles. The molecule has 2 rings (SSSR count). The number of nitrogens with one attached hydrogen (secondary N) is 1. The fraction of sp³-hybridized carbons (Fsp3) is 0.364. The van der Waals surface area contributed by atoms with E-state index in [0.29, 0.717) is 12.2 Å². The monoisotopic (exact) mass is 253 g/mol. The Morgan fingerprint density at radius 1 is 1.29 bits per heavy atom. The number of Topliss-reactive ketones (excluding diaryl/α,β-unsaturated/α-hetero) is 1. The van der Waals surface area contributed by atoms with E-state index in [0.717, 1.165) is 23.1 Å². The van der Waals surface area contributed by atoms with Crippen LogP contribution >= 0.6 is 15.9 Å². The molecule has 0 saturated carbocycles. The number of hydrogen-bond acceptors (Lipinski definition) is 2. The van der Waals surface area contributed by atoms with Gasteiger partial charge in [-0.15, -0.1) is 0 Å². The van der Waals surface area contributed by atoms with E-state index < -0.39 is 0 Å². The molecule has 3 heteroatoms. The summed E-state index contributed by atoms with van der Waals surface area (Å²) in [5.41, 5.74) is 1.12. The molecule has 0 amide bonds. The van der Waals surface area contributed by atoms with Gasteiger partial charge in [-0.05, 0) is 17.7 Å². The molecule has 1 N–H and O–H groups in total. The van der Waals surface area contributed by atoms with Gasteiger partial charge in [0, 0.05) is 24.0 Å². The second-order valence-corrected chi connectivity index (χ2v) is 4.44. The highest BCUT2D eigenvalue weighted by molar-refractivity contribution is 9.10. The van der Waals surface area contributed by atoms with E-state index in [9.17, 15) is 4.79 Å². The lowest BCUT2D eigenvalue weighted by atomic mass is 9.90. The van der Waals surface area contributed by atoms with Crippen LogP contribution in [0.25, 0.3) is 0 Å². The Kier molecular flexibility index (Phi) is 2.99. The smallest absolute Gasteiger partial charge is 0.142 e. The zero-order valence-corrected chi connectivity index (χ0v) is 9.38. The third kappa shape index (κ3) is 2.04. The van der Waals surface area contributed by atoms with Gasteiger partial charge in [-0.3, -0.25) is 4.79 Å². The highest BCUT2D eigenvalue weighted by atomic mass is 79.9. The first-order valence-electron chi connectivity index (χ1n) is 4.76. The van der Waals surface area contributed by atoms with Crippen LogP contribution < -0.4 is 5.32 Å². The predicted octanol–water partition coefficient (Wildman–Crippen LogP) is 2.10. The standard InChI is InChI=1S/C11H12BrNO/c12-9-3-1-8(2-4-9)10-7-13-6-5-11(10)14/h1-4,10,13H,5-7H2. The van der Waals surface area contributed by atoms with Gasteiger partial charge in [0.1, 0.15) is 5.78 Å². The van der Waals surface area contributed by atoms with Crippen molar-refractivity contribution >= 4 is 21.7 Å². The molecule has 1 saturated heterocycles. The second-order valence-electron chi connectivity index (χ2n) is 3.52. The van der Waals surface area contributed by atoms with Crippen molar-refractivity contribution in [2.24, 2.45) is 0 Å². The molecule has 1 heterocycles. The quantitative estimate of drug-likeness (QED) is 0.831. The van der Waals surface area contributed by atoms with E-state index in [1.807, 2.05) is 24.3 Å². The third-order valence-electron chi connectivity index (χ3n) is 2.56. The van der Waals surface area contributed by atoms with Gasteiger partial charge in [0.25, 0.3) is 0 Å². The summed E-state index contributed by atoms with van der Waals surface area (Å²) in [7, 11) is 0. The first-order valence-corrected chi connectivity index (χ1v) is 5.55. The van der Waals surface area contributed by atoms with E-state index >= 15 is 0 Å². The maximum atomic E-state index is 11.6. The molecule has 0 radical (unpaired) electrons. The lowest BCUT2D eigenvalue weighted by molar-refractivity contribution is -0.121.